The van der Waals surface area contributed by atoms with Crippen LogP contribution in [0, 0.1) is 0 Å². The van der Waals surface area contributed by atoms with Gasteiger partial charge in [0.15, 0.2) is 0 Å². The Labute approximate surface area is 219 Å². The quantitative estimate of drug-likeness (QED) is 0.291. The van der Waals surface area contributed by atoms with E-state index < -0.39 is 20.0 Å². The topological polar surface area (TPSA) is 112 Å². The molecule has 0 saturated carbocycles. The first-order valence-electron chi connectivity index (χ1n) is 12.2. The summed E-state index contributed by atoms with van der Waals surface area (Å²) in [5.74, 6) is 1.19. The van der Waals surface area contributed by atoms with Gasteiger partial charge in [-0.2, -0.15) is 8.61 Å². The molecule has 2 aromatic carbocycles. The molecule has 2 aliphatic rings. The summed E-state index contributed by atoms with van der Waals surface area (Å²) in [6.45, 7) is 1.23. The molecule has 4 rings (SSSR count). The normalized spacial score (nSPS) is 21.4. The summed E-state index contributed by atoms with van der Waals surface area (Å²) < 4.78 is 77.0. The van der Waals surface area contributed by atoms with Crippen LogP contribution in [0.4, 0.5) is 0 Å². The van der Waals surface area contributed by atoms with Crippen LogP contribution in [0.2, 0.25) is 0 Å². The first-order chi connectivity index (χ1) is 17.8. The molecule has 0 N–H and O–H groups in total. The maximum absolute atomic E-state index is 13.1. The fraction of sp³-hybridized carbons (Fsp3) is 0.520. The van der Waals surface area contributed by atoms with Crippen LogP contribution in [0.1, 0.15) is 25.7 Å². The lowest BCUT2D eigenvalue weighted by Crippen LogP contribution is -2.39. The van der Waals surface area contributed by atoms with Crippen molar-refractivity contribution in [3.8, 4) is 11.5 Å². The molecule has 2 saturated heterocycles. The van der Waals surface area contributed by atoms with Crippen LogP contribution < -0.4 is 9.47 Å². The molecule has 37 heavy (non-hydrogen) atoms. The molecule has 2 heterocycles. The van der Waals surface area contributed by atoms with Crippen LogP contribution in [0.5, 0.6) is 11.5 Å². The van der Waals surface area contributed by atoms with Gasteiger partial charge in [0, 0.05) is 25.2 Å². The van der Waals surface area contributed by atoms with E-state index in [1.54, 1.807) is 48.5 Å². The third-order valence-electron chi connectivity index (χ3n) is 6.77. The Kier molecular flexibility index (Phi) is 9.09. The summed E-state index contributed by atoms with van der Waals surface area (Å²) in [5.41, 5.74) is 0. The van der Waals surface area contributed by atoms with E-state index in [9.17, 15) is 16.8 Å². The van der Waals surface area contributed by atoms with Crippen molar-refractivity contribution in [1.82, 2.24) is 8.61 Å². The second-order valence-electron chi connectivity index (χ2n) is 9.03. The maximum atomic E-state index is 13.1. The second-order valence-corrected chi connectivity index (χ2v) is 12.8. The zero-order chi connectivity index (χ0) is 26.5. The van der Waals surface area contributed by atoms with Gasteiger partial charge in [-0.3, -0.25) is 0 Å². The predicted molar refractivity (Wildman–Crippen MR) is 137 cm³/mol. The van der Waals surface area contributed by atoms with Gasteiger partial charge in [-0.1, -0.05) is 0 Å². The van der Waals surface area contributed by atoms with Crippen LogP contribution in [0.15, 0.2) is 58.3 Å². The van der Waals surface area contributed by atoms with Gasteiger partial charge in [-0.15, -0.1) is 0 Å². The lowest BCUT2D eigenvalue weighted by atomic mass is 10.2. The first-order valence-corrected chi connectivity index (χ1v) is 15.1. The molecule has 0 amide bonds. The maximum Gasteiger partial charge on any atom is 0.243 e. The predicted octanol–water partition coefficient (Wildman–Crippen LogP) is 2.70. The van der Waals surface area contributed by atoms with Crippen molar-refractivity contribution in [2.75, 3.05) is 47.3 Å². The van der Waals surface area contributed by atoms with Crippen molar-refractivity contribution in [3.05, 3.63) is 48.5 Å². The van der Waals surface area contributed by atoms with Crippen LogP contribution in [-0.2, 0) is 29.5 Å². The number of benzene rings is 2. The molecule has 10 nitrogen and oxygen atoms in total. The summed E-state index contributed by atoms with van der Waals surface area (Å²) in [5, 5.41) is 0. The Hall–Kier alpha value is -2.22. The molecule has 2 fully saturated rings. The Morgan fingerprint density at radius 1 is 0.676 bits per heavy atom. The van der Waals surface area contributed by atoms with Gasteiger partial charge in [0.05, 0.1) is 37.2 Å². The highest BCUT2D eigenvalue weighted by Crippen LogP contribution is 2.29. The molecule has 2 aromatic rings. The van der Waals surface area contributed by atoms with E-state index in [0.29, 0.717) is 37.4 Å². The zero-order valence-corrected chi connectivity index (χ0v) is 22.7. The molecular formula is C25H34N2O8S2. The molecule has 0 bridgehead atoms. The number of hydrogen-bond acceptors (Lipinski definition) is 8. The largest absolute Gasteiger partial charge is 0.497 e. The number of hydrogen-bond donors (Lipinski definition) is 0. The van der Waals surface area contributed by atoms with Gasteiger partial charge in [0.2, 0.25) is 20.0 Å². The molecule has 12 heteroatoms. The van der Waals surface area contributed by atoms with E-state index in [4.69, 9.17) is 18.9 Å². The lowest BCUT2D eigenvalue weighted by Gasteiger charge is -2.25. The lowest BCUT2D eigenvalue weighted by molar-refractivity contribution is -0.0707. The van der Waals surface area contributed by atoms with E-state index in [1.807, 2.05) is 0 Å². The van der Waals surface area contributed by atoms with Crippen molar-refractivity contribution in [1.29, 1.82) is 0 Å². The summed E-state index contributed by atoms with van der Waals surface area (Å²) >= 11 is 0. The average Bonchev–Trinajstić information content (AvgIpc) is 3.59. The summed E-state index contributed by atoms with van der Waals surface area (Å²) in [6, 6.07) is 12.1. The first kappa shape index (κ1) is 27.8. The Bertz CT molecular complexity index is 1140. The highest BCUT2D eigenvalue weighted by atomic mass is 32.2. The van der Waals surface area contributed by atoms with Crippen molar-refractivity contribution >= 4 is 20.0 Å². The SMILES string of the molecule is COc1ccc(S(=O)(=O)N2CCC[C@H]2COCOC[C@@H]2CCCN2S(=O)(=O)c2ccc(OC)cc2)cc1. The highest BCUT2D eigenvalue weighted by molar-refractivity contribution is 7.89. The number of rotatable bonds is 12. The Morgan fingerprint density at radius 3 is 1.41 bits per heavy atom. The molecule has 0 unspecified atom stereocenters. The molecule has 2 aliphatic heterocycles. The summed E-state index contributed by atoms with van der Waals surface area (Å²) in [4.78, 5) is 0.437. The molecule has 0 spiro atoms. The van der Waals surface area contributed by atoms with Crippen molar-refractivity contribution < 1.29 is 35.8 Å². The molecule has 0 aromatic heterocycles. The van der Waals surface area contributed by atoms with Crippen LogP contribution in [0.3, 0.4) is 0 Å². The minimum Gasteiger partial charge on any atom is -0.497 e. The van der Waals surface area contributed by atoms with Gasteiger partial charge < -0.3 is 18.9 Å². The van der Waals surface area contributed by atoms with Gasteiger partial charge in [0.1, 0.15) is 18.3 Å². The third kappa shape index (κ3) is 6.27. The van der Waals surface area contributed by atoms with Crippen molar-refractivity contribution in [3.63, 3.8) is 0 Å². The minimum absolute atomic E-state index is 0.0418. The van der Waals surface area contributed by atoms with E-state index >= 15 is 0 Å². The van der Waals surface area contributed by atoms with Gasteiger partial charge in [-0.25, -0.2) is 16.8 Å². The molecular weight excluding hydrogens is 520 g/mol. The fourth-order valence-corrected chi connectivity index (χ4v) is 8.14. The molecule has 204 valence electrons. The highest BCUT2D eigenvalue weighted by Gasteiger charge is 2.37. The van der Waals surface area contributed by atoms with E-state index in [1.165, 1.54) is 22.8 Å². The minimum atomic E-state index is -3.65. The number of ether oxygens (including phenoxy) is 4. The van der Waals surface area contributed by atoms with Crippen molar-refractivity contribution in [2.45, 2.75) is 47.6 Å². The monoisotopic (exact) mass is 554 g/mol. The van der Waals surface area contributed by atoms with E-state index in [-0.39, 0.29) is 41.9 Å². The second kappa shape index (κ2) is 12.1. The molecule has 2 atom stereocenters. The van der Waals surface area contributed by atoms with Crippen LogP contribution in [-0.4, -0.2) is 84.8 Å². The average molecular weight is 555 g/mol. The number of methoxy groups -OCH3 is 2. The van der Waals surface area contributed by atoms with Gasteiger partial charge >= 0.3 is 0 Å². The Morgan fingerprint density at radius 2 is 1.05 bits per heavy atom. The van der Waals surface area contributed by atoms with Gasteiger partial charge in [0.25, 0.3) is 0 Å². The molecule has 0 radical (unpaired) electrons. The van der Waals surface area contributed by atoms with E-state index in [0.717, 1.165) is 12.8 Å². The van der Waals surface area contributed by atoms with E-state index in [2.05, 4.69) is 0 Å². The standard InChI is InChI=1S/C25H34N2O8S2/c1-32-22-7-11-24(12-8-22)36(28,29)26-15-3-5-20(26)17-34-19-35-18-21-6-4-16-27(21)37(30,31)25-13-9-23(33-2)10-14-25/h7-14,20-21H,3-6,15-19H2,1-2H3/t20-,21-/m0/s1. The summed E-state index contributed by atoms with van der Waals surface area (Å²) in [6.07, 6.45) is 2.91. The Balaban J connectivity index is 1.27. The van der Waals surface area contributed by atoms with Crippen LogP contribution in [0.25, 0.3) is 0 Å². The summed E-state index contributed by atoms with van der Waals surface area (Å²) in [7, 11) is -4.23. The molecule has 0 aliphatic carbocycles. The number of nitrogens with zero attached hydrogens (tertiary/aromatic N) is 2. The van der Waals surface area contributed by atoms with Gasteiger partial charge in [-0.05, 0) is 74.2 Å². The number of sulfonamides is 2. The smallest absolute Gasteiger partial charge is 0.243 e. The third-order valence-corrected chi connectivity index (χ3v) is 10.7. The fourth-order valence-electron chi connectivity index (χ4n) is 4.78. The zero-order valence-electron chi connectivity index (χ0n) is 21.1. The van der Waals surface area contributed by atoms with Crippen LogP contribution >= 0.6 is 0 Å². The van der Waals surface area contributed by atoms with Crippen molar-refractivity contribution in [2.24, 2.45) is 0 Å².